The number of rotatable bonds is 4. The molecule has 0 radical (unpaired) electrons. The van der Waals surface area contributed by atoms with Gasteiger partial charge in [0.25, 0.3) is 0 Å². The summed E-state index contributed by atoms with van der Waals surface area (Å²) in [6.45, 7) is 4.13. The molecule has 1 aromatic carbocycles. The van der Waals surface area contributed by atoms with Gasteiger partial charge in [-0.2, -0.15) is 0 Å². The zero-order chi connectivity index (χ0) is 13.8. The lowest BCUT2D eigenvalue weighted by Crippen LogP contribution is -2.27. The summed E-state index contributed by atoms with van der Waals surface area (Å²) in [6, 6.07) is 8.62. The molecule has 0 aliphatic heterocycles. The van der Waals surface area contributed by atoms with Gasteiger partial charge in [-0.15, -0.1) is 11.3 Å². The third-order valence-corrected chi connectivity index (χ3v) is 3.56. The Labute approximate surface area is 116 Å². The summed E-state index contributed by atoms with van der Waals surface area (Å²) in [7, 11) is 0. The molecule has 0 spiro atoms. The van der Waals surface area contributed by atoms with E-state index in [-0.39, 0.29) is 5.91 Å². The van der Waals surface area contributed by atoms with Crippen LogP contribution in [0.25, 0.3) is 0 Å². The molecule has 1 aromatic heterocycles. The van der Waals surface area contributed by atoms with E-state index in [4.69, 9.17) is 5.73 Å². The summed E-state index contributed by atoms with van der Waals surface area (Å²) in [5.41, 5.74) is 7.69. The summed E-state index contributed by atoms with van der Waals surface area (Å²) in [4.78, 5) is 16.4. The van der Waals surface area contributed by atoms with Crippen molar-refractivity contribution in [3.63, 3.8) is 0 Å². The lowest BCUT2D eigenvalue weighted by atomic mass is 10.1. The number of carbonyl (C=O) groups is 1. The molecule has 0 unspecified atom stereocenters. The molecule has 1 amide bonds. The number of hydrogen-bond acceptors (Lipinski definition) is 4. The number of hydrogen-bond donors (Lipinski definition) is 2. The van der Waals surface area contributed by atoms with Gasteiger partial charge in [0.05, 0.1) is 5.69 Å². The Morgan fingerprint density at radius 2 is 2.00 bits per heavy atom. The van der Waals surface area contributed by atoms with Gasteiger partial charge in [-0.05, 0) is 11.5 Å². The summed E-state index contributed by atoms with van der Waals surface area (Å²) in [5.74, 6) is 0.112. The number of nitrogens with one attached hydrogen (secondary N) is 1. The molecule has 0 fully saturated rings. The maximum atomic E-state index is 12.0. The van der Waals surface area contributed by atoms with Crippen molar-refractivity contribution in [2.45, 2.75) is 25.8 Å². The van der Waals surface area contributed by atoms with Crippen LogP contribution in [0.3, 0.4) is 0 Å². The standard InChI is InChI=1S/C14H17N3OS/c1-9(2)11-8-19-14(16-11)17-13(18)12(15)10-6-4-3-5-7-10/h3-9,12H,15H2,1-2H3,(H,16,17,18)/t12-/m0/s1. The minimum absolute atomic E-state index is 0.240. The maximum Gasteiger partial charge on any atom is 0.247 e. The van der Waals surface area contributed by atoms with Crippen LogP contribution in [-0.2, 0) is 4.79 Å². The van der Waals surface area contributed by atoms with Crippen LogP contribution in [0.5, 0.6) is 0 Å². The highest BCUT2D eigenvalue weighted by Gasteiger charge is 2.17. The van der Waals surface area contributed by atoms with E-state index in [1.54, 1.807) is 0 Å². The molecule has 19 heavy (non-hydrogen) atoms. The van der Waals surface area contributed by atoms with Crippen molar-refractivity contribution < 1.29 is 4.79 Å². The number of aromatic nitrogens is 1. The van der Waals surface area contributed by atoms with Crippen molar-refractivity contribution in [1.29, 1.82) is 0 Å². The summed E-state index contributed by atoms with van der Waals surface area (Å²) in [5, 5.41) is 5.31. The van der Waals surface area contributed by atoms with Crippen LogP contribution < -0.4 is 11.1 Å². The minimum Gasteiger partial charge on any atom is -0.316 e. The van der Waals surface area contributed by atoms with Gasteiger partial charge in [0.15, 0.2) is 5.13 Å². The van der Waals surface area contributed by atoms with E-state index in [0.717, 1.165) is 11.3 Å². The predicted octanol–water partition coefficient (Wildman–Crippen LogP) is 2.91. The van der Waals surface area contributed by atoms with E-state index in [1.807, 2.05) is 35.7 Å². The molecule has 0 saturated carbocycles. The fraction of sp³-hybridized carbons (Fsp3) is 0.286. The number of amides is 1. The average molecular weight is 275 g/mol. The zero-order valence-corrected chi connectivity index (χ0v) is 11.8. The van der Waals surface area contributed by atoms with Crippen LogP contribution in [0.4, 0.5) is 5.13 Å². The van der Waals surface area contributed by atoms with E-state index in [2.05, 4.69) is 24.1 Å². The van der Waals surface area contributed by atoms with Gasteiger partial charge in [-0.3, -0.25) is 4.79 Å². The van der Waals surface area contributed by atoms with Gasteiger partial charge in [0, 0.05) is 5.38 Å². The second kappa shape index (κ2) is 5.95. The van der Waals surface area contributed by atoms with Crippen LogP contribution >= 0.6 is 11.3 Å². The molecular weight excluding hydrogens is 258 g/mol. The first-order chi connectivity index (χ1) is 9.08. The van der Waals surface area contributed by atoms with E-state index < -0.39 is 6.04 Å². The van der Waals surface area contributed by atoms with Gasteiger partial charge >= 0.3 is 0 Å². The van der Waals surface area contributed by atoms with E-state index in [9.17, 15) is 4.79 Å². The minimum atomic E-state index is -0.674. The van der Waals surface area contributed by atoms with Crippen LogP contribution in [0.15, 0.2) is 35.7 Å². The van der Waals surface area contributed by atoms with Crippen molar-refractivity contribution in [2.24, 2.45) is 5.73 Å². The molecule has 0 saturated heterocycles. The Bertz CT molecular complexity index is 551. The molecule has 2 aromatic rings. The molecule has 5 heteroatoms. The Kier molecular flexibility index (Phi) is 4.29. The fourth-order valence-electron chi connectivity index (χ4n) is 1.60. The molecule has 4 nitrogen and oxygen atoms in total. The largest absolute Gasteiger partial charge is 0.316 e. The predicted molar refractivity (Wildman–Crippen MR) is 78.2 cm³/mol. The summed E-state index contributed by atoms with van der Waals surface area (Å²) in [6.07, 6.45) is 0. The van der Waals surface area contributed by atoms with Gasteiger partial charge in [0.2, 0.25) is 5.91 Å². The van der Waals surface area contributed by atoms with Gasteiger partial charge < -0.3 is 11.1 Å². The molecule has 1 heterocycles. The van der Waals surface area contributed by atoms with Crippen LogP contribution in [-0.4, -0.2) is 10.9 Å². The monoisotopic (exact) mass is 275 g/mol. The third kappa shape index (κ3) is 3.39. The molecule has 3 N–H and O–H groups in total. The van der Waals surface area contributed by atoms with E-state index in [0.29, 0.717) is 11.0 Å². The first kappa shape index (κ1) is 13.7. The first-order valence-corrected chi connectivity index (χ1v) is 7.02. The number of anilines is 1. The number of nitrogens with zero attached hydrogens (tertiary/aromatic N) is 1. The SMILES string of the molecule is CC(C)c1csc(NC(=O)[C@@H](N)c2ccccc2)n1. The highest BCUT2D eigenvalue weighted by Crippen LogP contribution is 2.22. The third-order valence-electron chi connectivity index (χ3n) is 2.78. The van der Waals surface area contributed by atoms with Crippen LogP contribution in [0, 0.1) is 0 Å². The Morgan fingerprint density at radius 1 is 1.32 bits per heavy atom. The van der Waals surface area contributed by atoms with Crippen molar-refractivity contribution in [2.75, 3.05) is 5.32 Å². The number of carbonyl (C=O) groups excluding carboxylic acids is 1. The highest BCUT2D eigenvalue weighted by molar-refractivity contribution is 7.13. The van der Waals surface area contributed by atoms with Gasteiger partial charge in [0.1, 0.15) is 6.04 Å². The van der Waals surface area contributed by atoms with Crippen LogP contribution in [0.2, 0.25) is 0 Å². The quantitative estimate of drug-likeness (QED) is 0.901. The molecule has 2 rings (SSSR count). The Balaban J connectivity index is 2.04. The van der Waals surface area contributed by atoms with Crippen molar-refractivity contribution in [3.05, 3.63) is 47.0 Å². The molecule has 1 atom stereocenters. The number of nitrogens with two attached hydrogens (primary N) is 1. The van der Waals surface area contributed by atoms with Gasteiger partial charge in [-0.1, -0.05) is 44.2 Å². The molecular formula is C14H17N3OS. The van der Waals surface area contributed by atoms with Crippen LogP contribution in [0.1, 0.15) is 37.1 Å². The second-order valence-corrected chi connectivity index (χ2v) is 5.47. The van der Waals surface area contributed by atoms with Crippen molar-refractivity contribution in [1.82, 2.24) is 4.98 Å². The first-order valence-electron chi connectivity index (χ1n) is 6.14. The smallest absolute Gasteiger partial charge is 0.247 e. The number of benzene rings is 1. The topological polar surface area (TPSA) is 68.0 Å². The molecule has 100 valence electrons. The Morgan fingerprint density at radius 3 is 2.58 bits per heavy atom. The van der Waals surface area contributed by atoms with E-state index >= 15 is 0 Å². The maximum absolute atomic E-state index is 12.0. The highest BCUT2D eigenvalue weighted by atomic mass is 32.1. The Hall–Kier alpha value is -1.72. The second-order valence-electron chi connectivity index (χ2n) is 4.61. The van der Waals surface area contributed by atoms with Crippen molar-refractivity contribution >= 4 is 22.4 Å². The average Bonchev–Trinajstić information content (AvgIpc) is 2.87. The van der Waals surface area contributed by atoms with Gasteiger partial charge in [-0.25, -0.2) is 4.98 Å². The number of thiazole rings is 1. The van der Waals surface area contributed by atoms with E-state index in [1.165, 1.54) is 11.3 Å². The summed E-state index contributed by atoms with van der Waals surface area (Å²) < 4.78 is 0. The molecule has 0 aliphatic carbocycles. The zero-order valence-electron chi connectivity index (χ0n) is 11.0. The summed E-state index contributed by atoms with van der Waals surface area (Å²) >= 11 is 1.42. The van der Waals surface area contributed by atoms with Crippen molar-refractivity contribution in [3.8, 4) is 0 Å². The molecule has 0 aliphatic rings. The lowest BCUT2D eigenvalue weighted by Gasteiger charge is -2.10. The lowest BCUT2D eigenvalue weighted by molar-refractivity contribution is -0.117. The fourth-order valence-corrected chi connectivity index (χ4v) is 2.48. The normalized spacial score (nSPS) is 12.4. The molecule has 0 bridgehead atoms.